The van der Waals surface area contributed by atoms with Crippen LogP contribution >= 0.6 is 0 Å². The summed E-state index contributed by atoms with van der Waals surface area (Å²) in [6, 6.07) is 5.44. The minimum Gasteiger partial charge on any atom is -0.504 e. The predicted molar refractivity (Wildman–Crippen MR) is 104 cm³/mol. The first-order chi connectivity index (χ1) is 12.3. The summed E-state index contributed by atoms with van der Waals surface area (Å²) in [5.41, 5.74) is 0.267. The molecule has 1 aromatic carbocycles. The number of hydrogen-bond donors (Lipinski definition) is 1. The average Bonchev–Trinajstić information content (AvgIpc) is 3.09. The standard InChI is InChI=1S/C22H34O4/c1-6-16(17-10-11-18(23)19(14-17)25-5)15-21(3,4)20(24)26-22(7-2)12-8-9-13-22/h10-11,14,16,23H,6-9,12-13,15H2,1-5H3. The van der Waals surface area contributed by atoms with Gasteiger partial charge in [0.15, 0.2) is 11.5 Å². The lowest BCUT2D eigenvalue weighted by atomic mass is 9.78. The van der Waals surface area contributed by atoms with E-state index in [1.165, 1.54) is 0 Å². The van der Waals surface area contributed by atoms with Crippen LogP contribution in [0.4, 0.5) is 0 Å². The van der Waals surface area contributed by atoms with Gasteiger partial charge in [-0.05, 0) is 82.4 Å². The van der Waals surface area contributed by atoms with Crippen molar-refractivity contribution in [3.63, 3.8) is 0 Å². The zero-order valence-corrected chi connectivity index (χ0v) is 16.9. The summed E-state index contributed by atoms with van der Waals surface area (Å²) in [6.45, 7) is 8.20. The van der Waals surface area contributed by atoms with E-state index in [1.807, 2.05) is 26.0 Å². The Bertz CT molecular complexity index is 615. The third-order valence-electron chi connectivity index (χ3n) is 5.95. The highest BCUT2D eigenvalue weighted by atomic mass is 16.6. The highest BCUT2D eigenvalue weighted by molar-refractivity contribution is 5.76. The molecule has 1 aliphatic rings. The molecule has 1 unspecified atom stereocenters. The lowest BCUT2D eigenvalue weighted by Crippen LogP contribution is -2.38. The first-order valence-electron chi connectivity index (χ1n) is 9.87. The number of esters is 1. The maximum atomic E-state index is 13.0. The molecule has 0 saturated heterocycles. The molecule has 0 radical (unpaired) electrons. The van der Waals surface area contributed by atoms with Crippen LogP contribution in [0, 0.1) is 5.41 Å². The Morgan fingerprint density at radius 2 is 1.92 bits per heavy atom. The number of ether oxygens (including phenoxy) is 2. The fourth-order valence-corrected chi connectivity index (χ4v) is 4.03. The Hall–Kier alpha value is -1.71. The average molecular weight is 363 g/mol. The Kier molecular flexibility index (Phi) is 6.59. The largest absolute Gasteiger partial charge is 0.504 e. The van der Waals surface area contributed by atoms with Crippen molar-refractivity contribution in [2.45, 2.75) is 84.2 Å². The number of carbonyl (C=O) groups excluding carboxylic acids is 1. The van der Waals surface area contributed by atoms with Gasteiger partial charge in [0.25, 0.3) is 0 Å². The van der Waals surface area contributed by atoms with Crippen LogP contribution in [-0.2, 0) is 9.53 Å². The second-order valence-electron chi connectivity index (χ2n) is 8.26. The quantitative estimate of drug-likeness (QED) is 0.614. The molecule has 1 saturated carbocycles. The highest BCUT2D eigenvalue weighted by Gasteiger charge is 2.41. The molecule has 1 aromatic rings. The summed E-state index contributed by atoms with van der Waals surface area (Å²) < 4.78 is 11.3. The van der Waals surface area contributed by atoms with Gasteiger partial charge in [-0.1, -0.05) is 19.9 Å². The van der Waals surface area contributed by atoms with Crippen molar-refractivity contribution in [3.05, 3.63) is 23.8 Å². The molecule has 1 N–H and O–H groups in total. The molecule has 1 atom stereocenters. The maximum Gasteiger partial charge on any atom is 0.312 e. The third kappa shape index (κ3) is 4.52. The summed E-state index contributed by atoms with van der Waals surface area (Å²) in [5, 5.41) is 9.83. The molecule has 2 rings (SSSR count). The van der Waals surface area contributed by atoms with Crippen LogP contribution in [0.1, 0.15) is 84.1 Å². The lowest BCUT2D eigenvalue weighted by molar-refractivity contribution is -0.171. The van der Waals surface area contributed by atoms with Crippen molar-refractivity contribution in [1.29, 1.82) is 0 Å². The lowest BCUT2D eigenvalue weighted by Gasteiger charge is -2.34. The second-order valence-corrected chi connectivity index (χ2v) is 8.26. The molecule has 0 heterocycles. The molecule has 0 aromatic heterocycles. The molecule has 0 amide bonds. The number of rotatable bonds is 8. The predicted octanol–water partition coefficient (Wildman–Crippen LogP) is 5.58. The fraction of sp³-hybridized carbons (Fsp3) is 0.682. The van der Waals surface area contributed by atoms with Crippen LogP contribution in [0.3, 0.4) is 0 Å². The third-order valence-corrected chi connectivity index (χ3v) is 5.95. The van der Waals surface area contributed by atoms with E-state index in [2.05, 4.69) is 13.8 Å². The van der Waals surface area contributed by atoms with Crippen LogP contribution in [0.25, 0.3) is 0 Å². The Morgan fingerprint density at radius 1 is 1.27 bits per heavy atom. The Morgan fingerprint density at radius 3 is 2.46 bits per heavy atom. The molecule has 146 valence electrons. The monoisotopic (exact) mass is 362 g/mol. The molecule has 0 bridgehead atoms. The van der Waals surface area contributed by atoms with Crippen molar-refractivity contribution < 1.29 is 19.4 Å². The number of phenols is 1. The van der Waals surface area contributed by atoms with Gasteiger partial charge in [-0.3, -0.25) is 4.79 Å². The van der Waals surface area contributed by atoms with Gasteiger partial charge in [-0.15, -0.1) is 0 Å². The Labute approximate surface area is 157 Å². The normalized spacial score (nSPS) is 17.7. The number of aromatic hydroxyl groups is 1. The first-order valence-corrected chi connectivity index (χ1v) is 9.87. The van der Waals surface area contributed by atoms with Crippen LogP contribution in [0.5, 0.6) is 11.5 Å². The van der Waals surface area contributed by atoms with E-state index >= 15 is 0 Å². The molecule has 0 aliphatic heterocycles. The molecule has 0 spiro atoms. The van der Waals surface area contributed by atoms with Crippen molar-refractivity contribution in [2.24, 2.45) is 5.41 Å². The summed E-state index contributed by atoms with van der Waals surface area (Å²) >= 11 is 0. The van der Waals surface area contributed by atoms with Crippen molar-refractivity contribution in [2.75, 3.05) is 7.11 Å². The molecule has 4 nitrogen and oxygen atoms in total. The summed E-state index contributed by atoms with van der Waals surface area (Å²) in [5.74, 6) is 0.715. The molecular weight excluding hydrogens is 328 g/mol. The number of carbonyl (C=O) groups is 1. The van der Waals surface area contributed by atoms with E-state index in [1.54, 1.807) is 13.2 Å². The maximum absolute atomic E-state index is 13.0. The molecule has 26 heavy (non-hydrogen) atoms. The minimum absolute atomic E-state index is 0.0922. The van der Waals surface area contributed by atoms with Gasteiger partial charge >= 0.3 is 5.97 Å². The topological polar surface area (TPSA) is 55.8 Å². The van der Waals surface area contributed by atoms with Crippen LogP contribution in [0.15, 0.2) is 18.2 Å². The minimum atomic E-state index is -0.559. The van der Waals surface area contributed by atoms with Gasteiger partial charge in [-0.2, -0.15) is 0 Å². The summed E-state index contributed by atoms with van der Waals surface area (Å²) in [7, 11) is 1.55. The number of hydrogen-bond acceptors (Lipinski definition) is 4. The van der Waals surface area contributed by atoms with E-state index in [0.717, 1.165) is 44.1 Å². The summed E-state index contributed by atoms with van der Waals surface area (Å²) in [6.07, 6.45) is 6.76. The van der Waals surface area contributed by atoms with Crippen molar-refractivity contribution >= 4 is 5.97 Å². The van der Waals surface area contributed by atoms with Crippen molar-refractivity contribution in [1.82, 2.24) is 0 Å². The first kappa shape index (κ1) is 20.6. The van der Waals surface area contributed by atoms with Crippen molar-refractivity contribution in [3.8, 4) is 11.5 Å². The fourth-order valence-electron chi connectivity index (χ4n) is 4.03. The van der Waals surface area contributed by atoms with Crippen LogP contribution in [-0.4, -0.2) is 23.8 Å². The molecular formula is C22H34O4. The molecule has 1 fully saturated rings. The van der Waals surface area contributed by atoms with E-state index < -0.39 is 5.41 Å². The van der Waals surface area contributed by atoms with Crippen LogP contribution in [0.2, 0.25) is 0 Å². The van der Waals surface area contributed by atoms with Gasteiger partial charge in [0.2, 0.25) is 0 Å². The van der Waals surface area contributed by atoms with Gasteiger partial charge < -0.3 is 14.6 Å². The number of benzene rings is 1. The second kappa shape index (κ2) is 8.32. The van der Waals surface area contributed by atoms with Gasteiger partial charge in [0, 0.05) is 0 Å². The zero-order chi connectivity index (χ0) is 19.4. The molecule has 4 heteroatoms. The zero-order valence-electron chi connectivity index (χ0n) is 16.9. The van der Waals surface area contributed by atoms with E-state index in [9.17, 15) is 9.90 Å². The van der Waals surface area contributed by atoms with Crippen LogP contribution < -0.4 is 4.74 Å². The Balaban J connectivity index is 2.13. The van der Waals surface area contributed by atoms with Gasteiger partial charge in [0.05, 0.1) is 12.5 Å². The molecule has 1 aliphatic carbocycles. The van der Waals surface area contributed by atoms with E-state index in [0.29, 0.717) is 12.2 Å². The number of methoxy groups -OCH3 is 1. The van der Waals surface area contributed by atoms with E-state index in [4.69, 9.17) is 9.47 Å². The highest BCUT2D eigenvalue weighted by Crippen LogP contribution is 2.41. The van der Waals surface area contributed by atoms with E-state index in [-0.39, 0.29) is 23.2 Å². The van der Waals surface area contributed by atoms with Gasteiger partial charge in [-0.25, -0.2) is 0 Å². The number of phenolic OH excluding ortho intramolecular Hbond substituents is 1. The van der Waals surface area contributed by atoms with Gasteiger partial charge in [0.1, 0.15) is 5.60 Å². The SMILES string of the molecule is CCC(CC(C)(C)C(=O)OC1(CC)CCCC1)c1ccc(O)c(OC)c1. The smallest absolute Gasteiger partial charge is 0.312 e. The summed E-state index contributed by atoms with van der Waals surface area (Å²) in [4.78, 5) is 13.0.